The lowest BCUT2D eigenvalue weighted by Gasteiger charge is -2.29. The standard InChI is InChI=1S/C23H30N2O4/c1-3-12-24(23(27)21-11-5-4-8-18(21)2)17-22(26)25(15-19-9-6-13-28-19)16-20-10-7-14-29-20/h4-6,8-9,11,13,20H,3,7,10,12,14-17H2,1-2H3/t20-/m1/s1. The average Bonchev–Trinajstić information content (AvgIpc) is 3.41. The molecule has 6 heteroatoms. The molecule has 1 aliphatic heterocycles. The number of hydrogen-bond donors (Lipinski definition) is 0. The maximum absolute atomic E-state index is 13.2. The molecule has 0 bridgehead atoms. The van der Waals surface area contributed by atoms with E-state index in [2.05, 4.69) is 0 Å². The van der Waals surface area contributed by atoms with E-state index in [1.54, 1.807) is 16.1 Å². The van der Waals surface area contributed by atoms with E-state index in [0.29, 0.717) is 25.2 Å². The molecule has 0 spiro atoms. The molecular weight excluding hydrogens is 368 g/mol. The van der Waals surface area contributed by atoms with E-state index in [1.165, 1.54) is 0 Å². The van der Waals surface area contributed by atoms with Gasteiger partial charge in [0.15, 0.2) is 0 Å². The van der Waals surface area contributed by atoms with Crippen molar-refractivity contribution in [2.75, 3.05) is 26.2 Å². The van der Waals surface area contributed by atoms with Gasteiger partial charge in [0.25, 0.3) is 5.91 Å². The maximum Gasteiger partial charge on any atom is 0.254 e. The van der Waals surface area contributed by atoms with E-state index in [4.69, 9.17) is 9.15 Å². The molecule has 0 aliphatic carbocycles. The van der Waals surface area contributed by atoms with Crippen molar-refractivity contribution in [3.63, 3.8) is 0 Å². The highest BCUT2D eigenvalue weighted by molar-refractivity contribution is 5.97. The molecule has 1 saturated heterocycles. The molecule has 2 aromatic rings. The molecule has 0 radical (unpaired) electrons. The highest BCUT2D eigenvalue weighted by Crippen LogP contribution is 2.17. The molecule has 3 rings (SSSR count). The molecule has 1 fully saturated rings. The summed E-state index contributed by atoms with van der Waals surface area (Å²) in [5, 5.41) is 0. The van der Waals surface area contributed by atoms with Gasteiger partial charge in [-0.05, 0) is 49.9 Å². The predicted octanol–water partition coefficient (Wildman–Crippen LogP) is 3.65. The van der Waals surface area contributed by atoms with Crippen LogP contribution in [-0.4, -0.2) is 54.0 Å². The van der Waals surface area contributed by atoms with Gasteiger partial charge in [-0.2, -0.15) is 0 Å². The van der Waals surface area contributed by atoms with Gasteiger partial charge in [0.05, 0.1) is 18.9 Å². The highest BCUT2D eigenvalue weighted by Gasteiger charge is 2.26. The van der Waals surface area contributed by atoms with Crippen molar-refractivity contribution in [2.24, 2.45) is 0 Å². The van der Waals surface area contributed by atoms with Gasteiger partial charge in [0.1, 0.15) is 12.3 Å². The molecule has 29 heavy (non-hydrogen) atoms. The first kappa shape index (κ1) is 21.1. The first-order valence-electron chi connectivity index (χ1n) is 10.3. The van der Waals surface area contributed by atoms with Crippen LogP contribution in [0.15, 0.2) is 47.1 Å². The molecule has 2 amide bonds. The van der Waals surface area contributed by atoms with Gasteiger partial charge in [-0.1, -0.05) is 25.1 Å². The lowest BCUT2D eigenvalue weighted by molar-refractivity contribution is -0.134. The Morgan fingerprint density at radius 3 is 2.62 bits per heavy atom. The van der Waals surface area contributed by atoms with Gasteiger partial charge in [0.2, 0.25) is 5.91 Å². The second kappa shape index (κ2) is 10.3. The lowest BCUT2D eigenvalue weighted by atomic mass is 10.1. The van der Waals surface area contributed by atoms with Crippen LogP contribution in [-0.2, 0) is 16.1 Å². The Labute approximate surface area is 172 Å². The molecule has 1 aromatic heterocycles. The number of aryl methyl sites for hydroxylation is 1. The van der Waals surface area contributed by atoms with Gasteiger partial charge >= 0.3 is 0 Å². The van der Waals surface area contributed by atoms with Crippen molar-refractivity contribution >= 4 is 11.8 Å². The first-order chi connectivity index (χ1) is 14.1. The summed E-state index contributed by atoms with van der Waals surface area (Å²) in [6, 6.07) is 11.2. The monoisotopic (exact) mass is 398 g/mol. The number of nitrogens with zero attached hydrogens (tertiary/aromatic N) is 2. The Balaban J connectivity index is 1.73. The number of carbonyl (C=O) groups excluding carboxylic acids is 2. The largest absolute Gasteiger partial charge is 0.467 e. The van der Waals surface area contributed by atoms with Gasteiger partial charge in [-0.15, -0.1) is 0 Å². The Hall–Kier alpha value is -2.60. The van der Waals surface area contributed by atoms with Crippen LogP contribution in [0.5, 0.6) is 0 Å². The van der Waals surface area contributed by atoms with E-state index in [-0.39, 0.29) is 24.5 Å². The van der Waals surface area contributed by atoms with Gasteiger partial charge in [-0.25, -0.2) is 0 Å². The molecule has 6 nitrogen and oxygen atoms in total. The second-order valence-corrected chi connectivity index (χ2v) is 7.53. The lowest BCUT2D eigenvalue weighted by Crippen LogP contribution is -2.45. The fourth-order valence-corrected chi connectivity index (χ4v) is 3.65. The topological polar surface area (TPSA) is 63.0 Å². The Bertz CT molecular complexity index is 797. The van der Waals surface area contributed by atoms with Crippen LogP contribution in [0.3, 0.4) is 0 Å². The van der Waals surface area contributed by atoms with E-state index in [1.807, 2.05) is 50.2 Å². The predicted molar refractivity (Wildman–Crippen MR) is 110 cm³/mol. The smallest absolute Gasteiger partial charge is 0.254 e. The number of furan rings is 1. The van der Waals surface area contributed by atoms with E-state index in [0.717, 1.165) is 37.2 Å². The summed E-state index contributed by atoms with van der Waals surface area (Å²) in [5.41, 5.74) is 1.56. The summed E-state index contributed by atoms with van der Waals surface area (Å²) >= 11 is 0. The minimum absolute atomic E-state index is 0.0422. The Kier molecular flexibility index (Phi) is 7.47. The third-order valence-electron chi connectivity index (χ3n) is 5.21. The minimum Gasteiger partial charge on any atom is -0.467 e. The van der Waals surface area contributed by atoms with Crippen molar-refractivity contribution in [1.29, 1.82) is 0 Å². The molecule has 1 atom stereocenters. The van der Waals surface area contributed by atoms with Crippen molar-refractivity contribution < 1.29 is 18.7 Å². The molecule has 0 saturated carbocycles. The Morgan fingerprint density at radius 2 is 1.97 bits per heavy atom. The SMILES string of the molecule is CCCN(CC(=O)N(Cc1ccco1)C[C@H]1CCCO1)C(=O)c1ccccc1C. The zero-order chi connectivity index (χ0) is 20.6. The summed E-state index contributed by atoms with van der Waals surface area (Å²) < 4.78 is 11.2. The summed E-state index contributed by atoms with van der Waals surface area (Å²) in [5.74, 6) is 0.532. The fourth-order valence-electron chi connectivity index (χ4n) is 3.65. The van der Waals surface area contributed by atoms with Crippen molar-refractivity contribution in [2.45, 2.75) is 45.8 Å². The van der Waals surface area contributed by atoms with Gasteiger partial charge in [-0.3, -0.25) is 9.59 Å². The van der Waals surface area contributed by atoms with E-state index < -0.39 is 0 Å². The minimum atomic E-state index is -0.103. The molecule has 2 heterocycles. The zero-order valence-corrected chi connectivity index (χ0v) is 17.3. The average molecular weight is 399 g/mol. The van der Waals surface area contributed by atoms with Crippen LogP contribution in [0, 0.1) is 6.92 Å². The molecule has 156 valence electrons. The third-order valence-corrected chi connectivity index (χ3v) is 5.21. The van der Waals surface area contributed by atoms with E-state index >= 15 is 0 Å². The molecule has 1 aromatic carbocycles. The van der Waals surface area contributed by atoms with Crippen LogP contribution in [0.4, 0.5) is 0 Å². The summed E-state index contributed by atoms with van der Waals surface area (Å²) in [6.45, 7) is 6.14. The molecule has 0 unspecified atom stereocenters. The van der Waals surface area contributed by atoms with Crippen molar-refractivity contribution in [1.82, 2.24) is 9.80 Å². The number of hydrogen-bond acceptors (Lipinski definition) is 4. The zero-order valence-electron chi connectivity index (χ0n) is 17.3. The Morgan fingerprint density at radius 1 is 1.14 bits per heavy atom. The molecule has 1 aliphatic rings. The third kappa shape index (κ3) is 5.70. The highest BCUT2D eigenvalue weighted by atomic mass is 16.5. The maximum atomic E-state index is 13.2. The summed E-state index contributed by atoms with van der Waals surface area (Å²) in [4.78, 5) is 29.7. The quantitative estimate of drug-likeness (QED) is 0.647. The number of rotatable bonds is 9. The van der Waals surface area contributed by atoms with Gasteiger partial charge in [0, 0.05) is 25.3 Å². The first-order valence-corrected chi connectivity index (χ1v) is 10.3. The number of amides is 2. The number of benzene rings is 1. The fraction of sp³-hybridized carbons (Fsp3) is 0.478. The second-order valence-electron chi connectivity index (χ2n) is 7.53. The van der Waals surface area contributed by atoms with Crippen molar-refractivity contribution in [3.05, 3.63) is 59.5 Å². The summed E-state index contributed by atoms with van der Waals surface area (Å²) in [7, 11) is 0. The van der Waals surface area contributed by atoms with Gasteiger partial charge < -0.3 is 19.0 Å². The van der Waals surface area contributed by atoms with Crippen LogP contribution in [0.25, 0.3) is 0 Å². The van der Waals surface area contributed by atoms with Crippen LogP contribution in [0.2, 0.25) is 0 Å². The normalized spacial score (nSPS) is 16.0. The van der Waals surface area contributed by atoms with Crippen LogP contribution < -0.4 is 0 Å². The number of ether oxygens (including phenoxy) is 1. The van der Waals surface area contributed by atoms with Crippen LogP contribution >= 0.6 is 0 Å². The van der Waals surface area contributed by atoms with Crippen molar-refractivity contribution in [3.8, 4) is 0 Å². The molecular formula is C23H30N2O4. The molecule has 0 N–H and O–H groups in total. The van der Waals surface area contributed by atoms with E-state index in [9.17, 15) is 9.59 Å². The summed E-state index contributed by atoms with van der Waals surface area (Å²) in [6.07, 6.45) is 4.40. The number of carbonyl (C=O) groups is 2. The van der Waals surface area contributed by atoms with Crippen LogP contribution in [0.1, 0.15) is 47.9 Å².